The molecule has 1 N–H and O–H groups in total. The maximum Gasteiger partial charge on any atom is 0.238 e. The summed E-state index contributed by atoms with van der Waals surface area (Å²) < 4.78 is 0. The third-order valence-electron chi connectivity index (χ3n) is 4.69. The molecule has 1 unspecified atom stereocenters. The number of halogens is 2. The van der Waals surface area contributed by atoms with E-state index in [-0.39, 0.29) is 11.2 Å². The van der Waals surface area contributed by atoms with Crippen LogP contribution in [0.1, 0.15) is 54.1 Å². The molecule has 2 aromatic rings. The summed E-state index contributed by atoms with van der Waals surface area (Å²) in [7, 11) is 0. The smallest absolute Gasteiger partial charge is 0.238 e. The molecule has 0 fully saturated rings. The van der Waals surface area contributed by atoms with Crippen molar-refractivity contribution in [3.05, 3.63) is 51.0 Å². The molecule has 1 aromatic carbocycles. The van der Waals surface area contributed by atoms with Crippen LogP contribution < -0.4 is 5.32 Å². The molecule has 1 aliphatic heterocycles. The lowest BCUT2D eigenvalue weighted by Gasteiger charge is -2.25. The first kappa shape index (κ1) is 14.9. The summed E-state index contributed by atoms with van der Waals surface area (Å²) in [6.45, 7) is 2.16. The number of hydrogen-bond donors (Lipinski definition) is 1. The van der Waals surface area contributed by atoms with E-state index in [1.807, 2.05) is 12.1 Å². The Kier molecular flexibility index (Phi) is 3.54. The van der Waals surface area contributed by atoms with Crippen molar-refractivity contribution in [1.82, 2.24) is 9.97 Å². The highest BCUT2D eigenvalue weighted by Crippen LogP contribution is 2.43. The van der Waals surface area contributed by atoms with Crippen LogP contribution in [-0.4, -0.2) is 15.9 Å². The number of anilines is 1. The second kappa shape index (κ2) is 5.46. The van der Waals surface area contributed by atoms with Crippen LogP contribution in [0.15, 0.2) is 18.2 Å². The molecule has 0 radical (unpaired) electrons. The quantitative estimate of drug-likeness (QED) is 0.782. The van der Waals surface area contributed by atoms with Crippen LogP contribution in [0.25, 0.3) is 0 Å². The molecule has 118 valence electrons. The summed E-state index contributed by atoms with van der Waals surface area (Å²) in [5.41, 5.74) is 4.43. The first-order chi connectivity index (χ1) is 11.0. The van der Waals surface area contributed by atoms with Gasteiger partial charge in [-0.05, 0) is 66.1 Å². The number of aromatic nitrogens is 2. The van der Waals surface area contributed by atoms with Gasteiger partial charge in [0.25, 0.3) is 0 Å². The summed E-state index contributed by atoms with van der Waals surface area (Å²) >= 11 is 12.3. The van der Waals surface area contributed by atoms with E-state index in [2.05, 4.69) is 22.2 Å². The summed E-state index contributed by atoms with van der Waals surface area (Å²) in [5.74, 6) is -0.238. The van der Waals surface area contributed by atoms with E-state index >= 15 is 0 Å². The number of aryl methyl sites for hydroxylation is 1. The fourth-order valence-electron chi connectivity index (χ4n) is 3.68. The van der Waals surface area contributed by atoms with Crippen molar-refractivity contribution < 1.29 is 4.79 Å². The Bertz CT molecular complexity index is 822. The molecule has 1 aromatic heterocycles. The molecule has 23 heavy (non-hydrogen) atoms. The molecule has 4 nitrogen and oxygen atoms in total. The molecule has 0 saturated carbocycles. The largest absolute Gasteiger partial charge is 0.325 e. The second-order valence-corrected chi connectivity index (χ2v) is 6.96. The van der Waals surface area contributed by atoms with Crippen molar-refractivity contribution in [2.45, 2.75) is 38.0 Å². The number of carbonyl (C=O) groups excluding carboxylic acids is 1. The van der Waals surface area contributed by atoms with Gasteiger partial charge >= 0.3 is 0 Å². The Labute approximate surface area is 144 Å². The van der Waals surface area contributed by atoms with Gasteiger partial charge in [-0.2, -0.15) is 0 Å². The summed E-state index contributed by atoms with van der Waals surface area (Å²) in [6, 6.07) is 5.43. The van der Waals surface area contributed by atoms with E-state index in [9.17, 15) is 4.79 Å². The van der Waals surface area contributed by atoms with Crippen LogP contribution in [0.2, 0.25) is 10.3 Å². The van der Waals surface area contributed by atoms with Gasteiger partial charge in [-0.25, -0.2) is 9.97 Å². The van der Waals surface area contributed by atoms with Gasteiger partial charge in [0.05, 0.1) is 5.69 Å². The number of benzene rings is 1. The standard InChI is InChI=1S/C17H15Cl2N3O/c1-8-3-2-4-12-13(8)15(22-17(19)21-12)14-10-7-9(18)5-6-11(10)20-16(14)23/h5-8,14H,2-4H2,1H3,(H,20,23)/t8-,14?/m1/s1. The predicted molar refractivity (Wildman–Crippen MR) is 90.3 cm³/mol. The van der Waals surface area contributed by atoms with Crippen LogP contribution in [-0.2, 0) is 11.2 Å². The topological polar surface area (TPSA) is 54.9 Å². The SMILES string of the molecule is C[C@@H]1CCCc2nc(Cl)nc(C3C(=O)Nc4ccc(Cl)cc43)c21. The number of amides is 1. The number of fused-ring (bicyclic) bond motifs is 2. The number of hydrogen-bond acceptors (Lipinski definition) is 3. The highest BCUT2D eigenvalue weighted by molar-refractivity contribution is 6.31. The average Bonchev–Trinajstić information content (AvgIpc) is 2.81. The first-order valence-electron chi connectivity index (χ1n) is 7.71. The van der Waals surface area contributed by atoms with Gasteiger partial charge in [0.1, 0.15) is 5.92 Å². The maximum atomic E-state index is 12.6. The minimum absolute atomic E-state index is 0.0861. The van der Waals surface area contributed by atoms with Crippen LogP contribution in [0.3, 0.4) is 0 Å². The van der Waals surface area contributed by atoms with Gasteiger partial charge in [-0.15, -0.1) is 0 Å². The van der Waals surface area contributed by atoms with E-state index in [4.69, 9.17) is 23.2 Å². The van der Waals surface area contributed by atoms with Gasteiger partial charge in [0, 0.05) is 16.4 Å². The van der Waals surface area contributed by atoms with Crippen molar-refractivity contribution in [2.75, 3.05) is 5.32 Å². The van der Waals surface area contributed by atoms with Crippen LogP contribution >= 0.6 is 23.2 Å². The monoisotopic (exact) mass is 347 g/mol. The van der Waals surface area contributed by atoms with Crippen LogP contribution in [0, 0.1) is 0 Å². The Balaban J connectivity index is 1.94. The van der Waals surface area contributed by atoms with E-state index in [1.54, 1.807) is 6.07 Å². The zero-order valence-corrected chi connectivity index (χ0v) is 14.1. The zero-order valence-electron chi connectivity index (χ0n) is 12.6. The first-order valence-corrected chi connectivity index (χ1v) is 8.46. The number of rotatable bonds is 1. The van der Waals surface area contributed by atoms with Gasteiger partial charge < -0.3 is 5.32 Å². The molecule has 0 bridgehead atoms. The molecule has 0 saturated heterocycles. The van der Waals surface area contributed by atoms with Crippen molar-refractivity contribution in [1.29, 1.82) is 0 Å². The Morgan fingerprint density at radius 1 is 1.26 bits per heavy atom. The highest BCUT2D eigenvalue weighted by atomic mass is 35.5. The molecule has 1 aliphatic carbocycles. The molecule has 2 heterocycles. The summed E-state index contributed by atoms with van der Waals surface area (Å²) in [4.78, 5) is 21.4. The van der Waals surface area contributed by atoms with Crippen LogP contribution in [0.4, 0.5) is 5.69 Å². The third kappa shape index (κ3) is 2.41. The molecule has 4 rings (SSSR count). The average molecular weight is 348 g/mol. The second-order valence-electron chi connectivity index (χ2n) is 6.19. The fourth-order valence-corrected chi connectivity index (χ4v) is 4.05. The third-order valence-corrected chi connectivity index (χ3v) is 5.09. The molecule has 2 atom stereocenters. The number of nitrogens with one attached hydrogen (secondary N) is 1. The minimum atomic E-state index is -0.474. The lowest BCUT2D eigenvalue weighted by molar-refractivity contribution is -0.116. The zero-order chi connectivity index (χ0) is 16.1. The maximum absolute atomic E-state index is 12.6. The Hall–Kier alpha value is -1.65. The van der Waals surface area contributed by atoms with Gasteiger partial charge in [-0.1, -0.05) is 18.5 Å². The lowest BCUT2D eigenvalue weighted by Crippen LogP contribution is -2.21. The molecule has 1 amide bonds. The Morgan fingerprint density at radius 3 is 2.91 bits per heavy atom. The van der Waals surface area contributed by atoms with E-state index < -0.39 is 5.92 Å². The minimum Gasteiger partial charge on any atom is -0.325 e. The van der Waals surface area contributed by atoms with Crippen molar-refractivity contribution in [3.63, 3.8) is 0 Å². The van der Waals surface area contributed by atoms with Gasteiger partial charge in [0.2, 0.25) is 11.2 Å². The molecular formula is C17H15Cl2N3O. The Morgan fingerprint density at radius 2 is 2.09 bits per heavy atom. The van der Waals surface area contributed by atoms with Crippen molar-refractivity contribution in [3.8, 4) is 0 Å². The van der Waals surface area contributed by atoms with Crippen molar-refractivity contribution in [2.24, 2.45) is 0 Å². The van der Waals surface area contributed by atoms with Gasteiger partial charge in [0.15, 0.2) is 0 Å². The molecule has 0 spiro atoms. The molecule has 2 aliphatic rings. The van der Waals surface area contributed by atoms with E-state index in [0.717, 1.165) is 47.5 Å². The fraction of sp³-hybridized carbons (Fsp3) is 0.353. The molecule has 6 heteroatoms. The highest BCUT2D eigenvalue weighted by Gasteiger charge is 2.37. The summed E-state index contributed by atoms with van der Waals surface area (Å²) in [6.07, 6.45) is 3.04. The van der Waals surface area contributed by atoms with E-state index in [1.165, 1.54) is 0 Å². The number of nitrogens with zero attached hydrogens (tertiary/aromatic N) is 2. The van der Waals surface area contributed by atoms with Gasteiger partial charge in [-0.3, -0.25) is 4.79 Å². The molecular weight excluding hydrogens is 333 g/mol. The lowest BCUT2D eigenvalue weighted by atomic mass is 9.81. The number of carbonyl (C=O) groups is 1. The summed E-state index contributed by atoms with van der Waals surface area (Å²) in [5, 5.41) is 3.72. The van der Waals surface area contributed by atoms with Crippen LogP contribution in [0.5, 0.6) is 0 Å². The predicted octanol–water partition coefficient (Wildman–Crippen LogP) is 4.31. The van der Waals surface area contributed by atoms with Crippen molar-refractivity contribution >= 4 is 34.8 Å². The normalized spacial score (nSPS) is 22.5. The van der Waals surface area contributed by atoms with E-state index in [0.29, 0.717) is 10.9 Å².